The number of halogens is 1. The van der Waals surface area contributed by atoms with Crippen LogP contribution in [0.15, 0.2) is 18.7 Å². The Morgan fingerprint density at radius 1 is 1.11 bits per heavy atom. The summed E-state index contributed by atoms with van der Waals surface area (Å²) < 4.78 is 17.9. The molecule has 1 heterocycles. The predicted octanol–water partition coefficient (Wildman–Crippen LogP) is 2.87. The van der Waals surface area contributed by atoms with Gasteiger partial charge in [0.25, 0.3) is 5.91 Å². The molecule has 0 spiro atoms. The third-order valence-electron chi connectivity index (χ3n) is 4.84. The first-order chi connectivity index (χ1) is 13.1. The average molecular weight is 395 g/mol. The standard InChI is InChI=1S/C18H23ClN4O4/c1-25-15-13(8-14(19)16(26-2)17(15)27-3)18(24)22-11-4-6-12(7-5-11)23-10-20-9-21-23/h8-12H,4-7H2,1-3H3,(H,22,24). The molecular formula is C18H23ClN4O4. The number of carbonyl (C=O) groups is 1. The second kappa shape index (κ2) is 8.47. The first kappa shape index (κ1) is 19.3. The Kier molecular flexibility index (Phi) is 6.05. The fraction of sp³-hybridized carbons (Fsp3) is 0.500. The summed E-state index contributed by atoms with van der Waals surface area (Å²) in [7, 11) is 4.44. The molecule has 27 heavy (non-hydrogen) atoms. The number of aromatic nitrogens is 3. The first-order valence-electron chi connectivity index (χ1n) is 8.72. The minimum Gasteiger partial charge on any atom is -0.492 e. The van der Waals surface area contributed by atoms with Gasteiger partial charge in [0, 0.05) is 6.04 Å². The smallest absolute Gasteiger partial charge is 0.255 e. The number of nitrogens with one attached hydrogen (secondary N) is 1. The van der Waals surface area contributed by atoms with Crippen molar-refractivity contribution in [2.75, 3.05) is 21.3 Å². The number of nitrogens with zero attached hydrogens (tertiary/aromatic N) is 3. The van der Waals surface area contributed by atoms with E-state index in [2.05, 4.69) is 15.4 Å². The Morgan fingerprint density at radius 2 is 1.78 bits per heavy atom. The minimum absolute atomic E-state index is 0.0776. The van der Waals surface area contributed by atoms with E-state index < -0.39 is 0 Å². The van der Waals surface area contributed by atoms with Crippen LogP contribution in [0.1, 0.15) is 42.1 Å². The van der Waals surface area contributed by atoms with E-state index in [1.807, 2.05) is 4.68 Å². The van der Waals surface area contributed by atoms with Crippen molar-refractivity contribution in [3.63, 3.8) is 0 Å². The fourth-order valence-electron chi connectivity index (χ4n) is 3.49. The van der Waals surface area contributed by atoms with Gasteiger partial charge in [-0.15, -0.1) is 0 Å². The third-order valence-corrected chi connectivity index (χ3v) is 5.13. The number of methoxy groups -OCH3 is 3. The summed E-state index contributed by atoms with van der Waals surface area (Å²) >= 11 is 6.25. The summed E-state index contributed by atoms with van der Waals surface area (Å²) in [6, 6.07) is 1.94. The lowest BCUT2D eigenvalue weighted by Gasteiger charge is -2.29. The summed E-state index contributed by atoms with van der Waals surface area (Å²) in [5.74, 6) is 0.680. The van der Waals surface area contributed by atoms with Crippen molar-refractivity contribution in [3.05, 3.63) is 29.3 Å². The van der Waals surface area contributed by atoms with Crippen LogP contribution in [0.3, 0.4) is 0 Å². The van der Waals surface area contributed by atoms with E-state index in [-0.39, 0.29) is 17.0 Å². The number of hydrogen-bond acceptors (Lipinski definition) is 6. The number of carbonyl (C=O) groups excluding carboxylic acids is 1. The molecule has 1 aromatic carbocycles. The molecule has 9 heteroatoms. The van der Waals surface area contributed by atoms with Crippen molar-refractivity contribution in [2.24, 2.45) is 0 Å². The molecule has 0 saturated heterocycles. The molecule has 3 rings (SSSR count). The lowest BCUT2D eigenvalue weighted by molar-refractivity contribution is 0.0918. The van der Waals surface area contributed by atoms with Gasteiger partial charge in [-0.05, 0) is 31.7 Å². The van der Waals surface area contributed by atoms with Crippen LogP contribution in [0.2, 0.25) is 5.02 Å². The van der Waals surface area contributed by atoms with Crippen molar-refractivity contribution >= 4 is 17.5 Å². The van der Waals surface area contributed by atoms with Crippen LogP contribution in [0.25, 0.3) is 0 Å². The summed E-state index contributed by atoms with van der Waals surface area (Å²) in [5, 5.41) is 7.56. The van der Waals surface area contributed by atoms with Crippen LogP contribution in [-0.2, 0) is 0 Å². The van der Waals surface area contributed by atoms with Gasteiger partial charge < -0.3 is 19.5 Å². The predicted molar refractivity (Wildman–Crippen MR) is 99.9 cm³/mol. The van der Waals surface area contributed by atoms with E-state index >= 15 is 0 Å². The molecule has 0 radical (unpaired) electrons. The van der Waals surface area contributed by atoms with Gasteiger partial charge >= 0.3 is 0 Å². The highest BCUT2D eigenvalue weighted by atomic mass is 35.5. The molecule has 1 saturated carbocycles. The maximum Gasteiger partial charge on any atom is 0.255 e. The number of rotatable bonds is 6. The van der Waals surface area contributed by atoms with Crippen LogP contribution in [-0.4, -0.2) is 48.0 Å². The monoisotopic (exact) mass is 394 g/mol. The van der Waals surface area contributed by atoms with Gasteiger partial charge in [0.2, 0.25) is 5.75 Å². The van der Waals surface area contributed by atoms with Crippen molar-refractivity contribution < 1.29 is 19.0 Å². The molecule has 1 aliphatic carbocycles. The molecule has 8 nitrogen and oxygen atoms in total. The maximum atomic E-state index is 12.8. The van der Waals surface area contributed by atoms with Gasteiger partial charge in [-0.1, -0.05) is 11.6 Å². The second-order valence-electron chi connectivity index (χ2n) is 6.36. The normalized spacial score (nSPS) is 19.4. The van der Waals surface area contributed by atoms with Crippen LogP contribution in [0, 0.1) is 0 Å². The maximum absolute atomic E-state index is 12.8. The van der Waals surface area contributed by atoms with Gasteiger partial charge in [0.05, 0.1) is 38.0 Å². The Balaban J connectivity index is 1.72. The van der Waals surface area contributed by atoms with Gasteiger partial charge in [-0.2, -0.15) is 5.10 Å². The SMILES string of the molecule is COc1c(Cl)cc(C(=O)NC2CCC(n3cncn3)CC2)c(OC)c1OC. The topological polar surface area (TPSA) is 87.5 Å². The van der Waals surface area contributed by atoms with Gasteiger partial charge in [0.15, 0.2) is 11.5 Å². The molecular weight excluding hydrogens is 372 g/mol. The summed E-state index contributed by atoms with van der Waals surface area (Å²) in [6.45, 7) is 0. The van der Waals surface area contributed by atoms with Gasteiger partial charge in [0.1, 0.15) is 12.7 Å². The zero-order valence-electron chi connectivity index (χ0n) is 15.6. The fourth-order valence-corrected chi connectivity index (χ4v) is 3.76. The molecule has 0 atom stereocenters. The molecule has 0 bridgehead atoms. The molecule has 0 unspecified atom stereocenters. The molecule has 1 N–H and O–H groups in total. The number of ether oxygens (including phenoxy) is 3. The van der Waals surface area contributed by atoms with E-state index in [1.54, 1.807) is 12.7 Å². The first-order valence-corrected chi connectivity index (χ1v) is 9.10. The van der Waals surface area contributed by atoms with Crippen LogP contribution >= 0.6 is 11.6 Å². The van der Waals surface area contributed by atoms with Crippen LogP contribution < -0.4 is 19.5 Å². The Hall–Kier alpha value is -2.48. The molecule has 1 fully saturated rings. The van der Waals surface area contributed by atoms with Crippen molar-refractivity contribution in [2.45, 2.75) is 37.8 Å². The third kappa shape index (κ3) is 3.95. The number of hydrogen-bond donors (Lipinski definition) is 1. The van der Waals surface area contributed by atoms with E-state index in [0.29, 0.717) is 28.9 Å². The molecule has 2 aromatic rings. The number of benzene rings is 1. The van der Waals surface area contributed by atoms with E-state index in [4.69, 9.17) is 25.8 Å². The molecule has 146 valence electrons. The lowest BCUT2D eigenvalue weighted by atomic mass is 9.91. The van der Waals surface area contributed by atoms with E-state index in [1.165, 1.54) is 27.4 Å². The molecule has 1 aromatic heterocycles. The summed E-state index contributed by atoms with van der Waals surface area (Å²) in [5.41, 5.74) is 0.318. The van der Waals surface area contributed by atoms with E-state index in [9.17, 15) is 4.79 Å². The Labute approximate surface area is 162 Å². The number of amides is 1. The molecule has 1 amide bonds. The quantitative estimate of drug-likeness (QED) is 0.810. The van der Waals surface area contributed by atoms with Crippen molar-refractivity contribution in [3.8, 4) is 17.2 Å². The van der Waals surface area contributed by atoms with Crippen molar-refractivity contribution in [1.29, 1.82) is 0 Å². The highest BCUT2D eigenvalue weighted by Gasteiger charge is 2.28. The Bertz CT molecular complexity index is 789. The zero-order chi connectivity index (χ0) is 19.4. The summed E-state index contributed by atoms with van der Waals surface area (Å²) in [4.78, 5) is 16.8. The van der Waals surface area contributed by atoms with Gasteiger partial charge in [-0.25, -0.2) is 9.67 Å². The second-order valence-corrected chi connectivity index (χ2v) is 6.77. The van der Waals surface area contributed by atoms with E-state index in [0.717, 1.165) is 25.7 Å². The highest BCUT2D eigenvalue weighted by Crippen LogP contribution is 2.45. The van der Waals surface area contributed by atoms with Gasteiger partial charge in [-0.3, -0.25) is 4.79 Å². The highest BCUT2D eigenvalue weighted by molar-refractivity contribution is 6.33. The zero-order valence-corrected chi connectivity index (χ0v) is 16.3. The minimum atomic E-state index is -0.251. The summed E-state index contributed by atoms with van der Waals surface area (Å²) in [6.07, 6.45) is 6.86. The van der Waals surface area contributed by atoms with Crippen molar-refractivity contribution in [1.82, 2.24) is 20.1 Å². The average Bonchev–Trinajstić information content (AvgIpc) is 3.22. The Morgan fingerprint density at radius 3 is 2.33 bits per heavy atom. The van der Waals surface area contributed by atoms with Crippen LogP contribution in [0.4, 0.5) is 0 Å². The molecule has 0 aliphatic heterocycles. The largest absolute Gasteiger partial charge is 0.492 e. The lowest BCUT2D eigenvalue weighted by Crippen LogP contribution is -2.38. The van der Waals surface area contributed by atoms with Crippen LogP contribution in [0.5, 0.6) is 17.2 Å². The molecule has 1 aliphatic rings.